The lowest BCUT2D eigenvalue weighted by molar-refractivity contribution is 0.0953. The third kappa shape index (κ3) is 2.45. The van der Waals surface area contributed by atoms with E-state index >= 15 is 0 Å². The fraction of sp³-hybridized carbons (Fsp3) is 0.643. The second kappa shape index (κ2) is 4.67. The first-order chi connectivity index (χ1) is 8.63. The van der Waals surface area contributed by atoms with Crippen LogP contribution in [0.2, 0.25) is 0 Å². The van der Waals surface area contributed by atoms with E-state index in [-0.39, 0.29) is 5.91 Å². The van der Waals surface area contributed by atoms with Crippen molar-refractivity contribution < 1.29 is 4.79 Å². The van der Waals surface area contributed by atoms with Crippen LogP contribution in [0.5, 0.6) is 0 Å². The summed E-state index contributed by atoms with van der Waals surface area (Å²) in [5, 5.41) is 2.99. The summed E-state index contributed by atoms with van der Waals surface area (Å²) in [6.07, 6.45) is 2.72. The maximum absolute atomic E-state index is 12.0. The van der Waals surface area contributed by atoms with Gasteiger partial charge in [-0.1, -0.05) is 13.8 Å². The Balaban J connectivity index is 1.63. The average molecular weight is 264 g/mol. The van der Waals surface area contributed by atoms with E-state index in [4.69, 9.17) is 0 Å². The number of nitrogens with one attached hydrogen (secondary N) is 1. The van der Waals surface area contributed by atoms with Gasteiger partial charge in [-0.2, -0.15) is 0 Å². The Morgan fingerprint density at radius 2 is 2.28 bits per heavy atom. The quantitative estimate of drug-likeness (QED) is 0.906. The van der Waals surface area contributed by atoms with Crippen LogP contribution in [0, 0.1) is 5.92 Å². The SMILES string of the molecule is CC(C)CNC(=O)c1cc2c(s1)CN(C1CC1)C2. The van der Waals surface area contributed by atoms with Gasteiger partial charge in [0.15, 0.2) is 0 Å². The van der Waals surface area contributed by atoms with Gasteiger partial charge < -0.3 is 5.32 Å². The third-order valence-corrected chi connectivity index (χ3v) is 4.74. The Kier molecular flexibility index (Phi) is 3.16. The van der Waals surface area contributed by atoms with Crippen molar-refractivity contribution in [2.24, 2.45) is 5.92 Å². The molecule has 2 aliphatic rings. The molecule has 2 heterocycles. The molecule has 4 heteroatoms. The predicted octanol–water partition coefficient (Wildman–Crippen LogP) is 2.61. The van der Waals surface area contributed by atoms with Crippen molar-refractivity contribution in [3.63, 3.8) is 0 Å². The van der Waals surface area contributed by atoms with Crippen LogP contribution in [-0.4, -0.2) is 23.4 Å². The number of rotatable bonds is 4. The molecule has 1 aliphatic carbocycles. The molecular formula is C14H20N2OS. The maximum atomic E-state index is 12.0. The molecule has 1 saturated carbocycles. The number of carbonyl (C=O) groups is 1. The Morgan fingerprint density at radius 1 is 1.50 bits per heavy atom. The Morgan fingerprint density at radius 3 is 2.89 bits per heavy atom. The van der Waals surface area contributed by atoms with Gasteiger partial charge in [0.2, 0.25) is 0 Å². The van der Waals surface area contributed by atoms with Crippen LogP contribution in [-0.2, 0) is 13.1 Å². The highest BCUT2D eigenvalue weighted by Crippen LogP contribution is 2.38. The monoisotopic (exact) mass is 264 g/mol. The normalized spacial score (nSPS) is 19.3. The number of hydrogen-bond donors (Lipinski definition) is 1. The summed E-state index contributed by atoms with van der Waals surface area (Å²) >= 11 is 1.68. The second-order valence-corrected chi connectivity index (χ2v) is 6.94. The molecule has 1 aliphatic heterocycles. The van der Waals surface area contributed by atoms with Crippen LogP contribution in [0.4, 0.5) is 0 Å². The van der Waals surface area contributed by atoms with E-state index in [0.717, 1.165) is 30.6 Å². The molecule has 0 bridgehead atoms. The van der Waals surface area contributed by atoms with Gasteiger partial charge in [0, 0.05) is 30.6 Å². The van der Waals surface area contributed by atoms with Crippen LogP contribution < -0.4 is 5.32 Å². The van der Waals surface area contributed by atoms with E-state index in [9.17, 15) is 4.79 Å². The highest BCUT2D eigenvalue weighted by atomic mass is 32.1. The standard InChI is InChI=1S/C14H20N2OS/c1-9(2)6-15-14(17)12-5-10-7-16(11-3-4-11)8-13(10)18-12/h5,9,11H,3-4,6-8H2,1-2H3,(H,15,17). The van der Waals surface area contributed by atoms with Gasteiger partial charge >= 0.3 is 0 Å². The Hall–Kier alpha value is -0.870. The fourth-order valence-electron chi connectivity index (χ4n) is 2.39. The van der Waals surface area contributed by atoms with E-state index in [0.29, 0.717) is 5.92 Å². The van der Waals surface area contributed by atoms with Crippen molar-refractivity contribution in [1.29, 1.82) is 0 Å². The minimum Gasteiger partial charge on any atom is -0.351 e. The molecule has 18 heavy (non-hydrogen) atoms. The van der Waals surface area contributed by atoms with Gasteiger partial charge in [-0.05, 0) is 30.4 Å². The number of hydrogen-bond acceptors (Lipinski definition) is 3. The fourth-order valence-corrected chi connectivity index (χ4v) is 3.50. The van der Waals surface area contributed by atoms with E-state index < -0.39 is 0 Å². The summed E-state index contributed by atoms with van der Waals surface area (Å²) < 4.78 is 0. The lowest BCUT2D eigenvalue weighted by Gasteiger charge is -2.12. The number of nitrogens with zero attached hydrogens (tertiary/aromatic N) is 1. The Labute approximate surface area is 112 Å². The summed E-state index contributed by atoms with van der Waals surface area (Å²) in [6, 6.07) is 2.92. The van der Waals surface area contributed by atoms with Crippen molar-refractivity contribution in [1.82, 2.24) is 10.2 Å². The van der Waals surface area contributed by atoms with E-state index in [1.54, 1.807) is 11.3 Å². The van der Waals surface area contributed by atoms with Crippen molar-refractivity contribution in [3.8, 4) is 0 Å². The molecule has 1 aromatic heterocycles. The van der Waals surface area contributed by atoms with Crippen molar-refractivity contribution in [3.05, 3.63) is 21.4 Å². The molecule has 1 fully saturated rings. The van der Waals surface area contributed by atoms with Gasteiger partial charge in [0.1, 0.15) is 0 Å². The highest BCUT2D eigenvalue weighted by molar-refractivity contribution is 7.14. The molecule has 3 nitrogen and oxygen atoms in total. The van der Waals surface area contributed by atoms with E-state index in [1.807, 2.05) is 0 Å². The molecule has 98 valence electrons. The van der Waals surface area contributed by atoms with Crippen molar-refractivity contribution in [2.45, 2.75) is 45.8 Å². The molecule has 1 N–H and O–H groups in total. The number of carbonyl (C=O) groups excluding carboxylic acids is 1. The van der Waals surface area contributed by atoms with Gasteiger partial charge in [-0.15, -0.1) is 11.3 Å². The van der Waals surface area contributed by atoms with Gasteiger partial charge in [-0.3, -0.25) is 9.69 Å². The topological polar surface area (TPSA) is 32.3 Å². The molecule has 1 amide bonds. The first kappa shape index (κ1) is 12.2. The van der Waals surface area contributed by atoms with Crippen LogP contribution in [0.25, 0.3) is 0 Å². The molecule has 0 spiro atoms. The minimum atomic E-state index is 0.0982. The van der Waals surface area contributed by atoms with Crippen LogP contribution >= 0.6 is 11.3 Å². The molecule has 0 aromatic carbocycles. The zero-order valence-electron chi connectivity index (χ0n) is 11.0. The summed E-state index contributed by atoms with van der Waals surface area (Å²) in [4.78, 5) is 16.8. The lowest BCUT2D eigenvalue weighted by atomic mass is 10.2. The van der Waals surface area contributed by atoms with Crippen LogP contribution in [0.15, 0.2) is 6.07 Å². The average Bonchev–Trinajstić information content (AvgIpc) is 2.97. The smallest absolute Gasteiger partial charge is 0.261 e. The zero-order valence-corrected chi connectivity index (χ0v) is 11.8. The molecule has 1 aromatic rings. The second-order valence-electron chi connectivity index (χ2n) is 5.80. The Bertz CT molecular complexity index is 439. The zero-order chi connectivity index (χ0) is 12.7. The summed E-state index contributed by atoms with van der Waals surface area (Å²) in [5.74, 6) is 0.604. The highest BCUT2D eigenvalue weighted by Gasteiger charge is 2.34. The molecule has 0 unspecified atom stereocenters. The van der Waals surface area contributed by atoms with E-state index in [2.05, 4.69) is 30.1 Å². The van der Waals surface area contributed by atoms with Crippen molar-refractivity contribution >= 4 is 17.2 Å². The minimum absolute atomic E-state index is 0.0982. The molecule has 3 rings (SSSR count). The number of amides is 1. The third-order valence-electron chi connectivity index (χ3n) is 3.57. The first-order valence-electron chi connectivity index (χ1n) is 6.77. The van der Waals surface area contributed by atoms with Gasteiger partial charge in [-0.25, -0.2) is 0 Å². The van der Waals surface area contributed by atoms with Gasteiger partial charge in [0.25, 0.3) is 5.91 Å². The summed E-state index contributed by atoms with van der Waals surface area (Å²) in [6.45, 7) is 7.09. The summed E-state index contributed by atoms with van der Waals surface area (Å²) in [7, 11) is 0. The number of fused-ring (bicyclic) bond motifs is 1. The molecule has 0 atom stereocenters. The number of thiophene rings is 1. The largest absolute Gasteiger partial charge is 0.351 e. The van der Waals surface area contributed by atoms with E-state index in [1.165, 1.54) is 23.3 Å². The van der Waals surface area contributed by atoms with Crippen LogP contribution in [0.1, 0.15) is 46.8 Å². The van der Waals surface area contributed by atoms with Gasteiger partial charge in [0.05, 0.1) is 4.88 Å². The molecule has 0 saturated heterocycles. The lowest BCUT2D eigenvalue weighted by Crippen LogP contribution is -2.26. The first-order valence-corrected chi connectivity index (χ1v) is 7.59. The van der Waals surface area contributed by atoms with Crippen LogP contribution in [0.3, 0.4) is 0 Å². The molecule has 0 radical (unpaired) electrons. The predicted molar refractivity (Wildman–Crippen MR) is 73.8 cm³/mol. The van der Waals surface area contributed by atoms with Crippen molar-refractivity contribution in [2.75, 3.05) is 6.54 Å². The molecular weight excluding hydrogens is 244 g/mol. The maximum Gasteiger partial charge on any atom is 0.261 e. The summed E-state index contributed by atoms with van der Waals surface area (Å²) in [5.41, 5.74) is 1.38.